The van der Waals surface area contributed by atoms with Crippen LogP contribution in [0.15, 0.2) is 0 Å². The zero-order chi connectivity index (χ0) is 26.6. The lowest BCUT2D eigenvalue weighted by molar-refractivity contribution is -0.875. The molecule has 0 spiro atoms. The predicted octanol–water partition coefficient (Wildman–Crippen LogP) is 4.93. The average molecular weight is 500 g/mol. The highest BCUT2D eigenvalue weighted by molar-refractivity contribution is 5.93. The molecule has 0 saturated carbocycles. The van der Waals surface area contributed by atoms with Gasteiger partial charge in [-0.3, -0.25) is 4.79 Å². The van der Waals surface area contributed by atoms with E-state index in [9.17, 15) is 24.9 Å². The van der Waals surface area contributed by atoms with Gasteiger partial charge in [-0.15, -0.1) is 0 Å². The lowest BCUT2D eigenvalue weighted by Crippen LogP contribution is -2.58. The van der Waals surface area contributed by atoms with Crippen molar-refractivity contribution in [1.82, 2.24) is 0 Å². The van der Waals surface area contributed by atoms with Crippen LogP contribution in [0, 0.1) is 0 Å². The molecule has 6 heteroatoms. The molecule has 0 saturated heterocycles. The number of carbonyl (C=O) groups is 2. The molecule has 0 aliphatic rings. The summed E-state index contributed by atoms with van der Waals surface area (Å²) >= 11 is 0. The summed E-state index contributed by atoms with van der Waals surface area (Å²) in [5, 5.41) is 32.0. The Hall–Kier alpha value is -0.980. The van der Waals surface area contributed by atoms with E-state index in [0.717, 1.165) is 19.3 Å². The fraction of sp³-hybridized carbons (Fsp3) is 0.931. The molecule has 0 fully saturated rings. The number of carbonyl (C=O) groups excluding carboxylic acids is 2. The minimum atomic E-state index is -2.11. The molecule has 208 valence electrons. The van der Waals surface area contributed by atoms with Crippen molar-refractivity contribution in [3.8, 4) is 0 Å². The maximum absolute atomic E-state index is 12.6. The number of aliphatic carboxylic acids is 1. The topological polar surface area (TPSA) is 97.7 Å². The number of aliphatic hydroxyl groups excluding tert-OH is 1. The van der Waals surface area contributed by atoms with Crippen molar-refractivity contribution in [2.75, 3.05) is 27.7 Å². The quantitative estimate of drug-likeness (QED) is 0.137. The van der Waals surface area contributed by atoms with Crippen LogP contribution >= 0.6 is 0 Å². The van der Waals surface area contributed by atoms with E-state index in [2.05, 4.69) is 6.92 Å². The fourth-order valence-corrected chi connectivity index (χ4v) is 4.92. The van der Waals surface area contributed by atoms with E-state index in [4.69, 9.17) is 0 Å². The molecule has 0 amide bonds. The van der Waals surface area contributed by atoms with Gasteiger partial charge in [0.2, 0.25) is 0 Å². The van der Waals surface area contributed by atoms with Gasteiger partial charge in [-0.25, -0.2) is 0 Å². The molecule has 2 unspecified atom stereocenters. The normalized spacial score (nSPS) is 14.6. The van der Waals surface area contributed by atoms with Crippen LogP contribution in [0.5, 0.6) is 0 Å². The third-order valence-corrected chi connectivity index (χ3v) is 6.77. The van der Waals surface area contributed by atoms with Crippen molar-refractivity contribution in [3.63, 3.8) is 0 Å². The minimum Gasteiger partial charge on any atom is -0.550 e. The summed E-state index contributed by atoms with van der Waals surface area (Å²) < 4.78 is 0.210. The average Bonchev–Trinajstić information content (AvgIpc) is 2.75. The number of hydrogen-bond donors (Lipinski definition) is 2. The molecule has 0 aliphatic carbocycles. The number of unbranched alkanes of at least 4 members (excludes halogenated alkanes) is 17. The van der Waals surface area contributed by atoms with Gasteiger partial charge in [-0.05, 0) is 6.42 Å². The predicted molar refractivity (Wildman–Crippen MR) is 142 cm³/mol. The smallest absolute Gasteiger partial charge is 0.198 e. The standard InChI is InChI=1S/C29H57NO5/c1-5-6-7-8-9-10-11-12-13-14-15-16-17-18-19-20-21-22-23-26(31)28(34)29(35,24-27(32)33)25-30(2,3)4/h26,31,35H,5-25H2,1-4H3. The van der Waals surface area contributed by atoms with Gasteiger partial charge in [-0.1, -0.05) is 122 Å². The highest BCUT2D eigenvalue weighted by Gasteiger charge is 2.43. The van der Waals surface area contributed by atoms with Gasteiger partial charge in [0.05, 0.1) is 21.1 Å². The zero-order valence-corrected chi connectivity index (χ0v) is 23.5. The molecule has 0 aromatic heterocycles. The second-order valence-electron chi connectivity index (χ2n) is 11.7. The summed E-state index contributed by atoms with van der Waals surface area (Å²) in [6.45, 7) is 2.18. The number of hydrogen-bond acceptors (Lipinski definition) is 5. The maximum Gasteiger partial charge on any atom is 0.198 e. The van der Waals surface area contributed by atoms with E-state index < -0.39 is 29.9 Å². The van der Waals surface area contributed by atoms with Crippen LogP contribution in [0.3, 0.4) is 0 Å². The molecular weight excluding hydrogens is 442 g/mol. The molecule has 2 N–H and O–H groups in total. The molecule has 0 aromatic rings. The van der Waals surface area contributed by atoms with E-state index >= 15 is 0 Å². The SMILES string of the molecule is CCCCCCCCCCCCCCCCCCCCC(O)C(=O)C(O)(CC(=O)[O-])C[N+](C)(C)C. The molecule has 0 heterocycles. The number of aliphatic hydroxyl groups is 2. The first-order chi connectivity index (χ1) is 16.5. The van der Waals surface area contributed by atoms with Gasteiger partial charge in [0.15, 0.2) is 11.4 Å². The Morgan fingerprint density at radius 1 is 0.714 bits per heavy atom. The number of ketones is 1. The Balaban J connectivity index is 3.74. The first kappa shape index (κ1) is 34.0. The van der Waals surface area contributed by atoms with Gasteiger partial charge in [0.1, 0.15) is 12.6 Å². The molecule has 2 atom stereocenters. The number of carboxylic acid groups (broad SMARTS) is 1. The Labute approximate surface area is 216 Å². The third kappa shape index (κ3) is 19.8. The fourth-order valence-electron chi connectivity index (χ4n) is 4.92. The molecule has 0 aromatic carbocycles. The van der Waals surface area contributed by atoms with Crippen molar-refractivity contribution in [3.05, 3.63) is 0 Å². The molecular formula is C29H57NO5. The van der Waals surface area contributed by atoms with E-state index in [0.29, 0.717) is 6.42 Å². The Bertz CT molecular complexity index is 546. The van der Waals surface area contributed by atoms with Crippen molar-refractivity contribution >= 4 is 11.8 Å². The largest absolute Gasteiger partial charge is 0.550 e. The number of Topliss-reactive ketones (excluding diaryl/α,β-unsaturated/α-hetero) is 1. The molecule has 0 radical (unpaired) electrons. The minimum absolute atomic E-state index is 0.0873. The summed E-state index contributed by atoms with van der Waals surface area (Å²) in [5.41, 5.74) is -2.11. The first-order valence-electron chi connectivity index (χ1n) is 14.5. The lowest BCUT2D eigenvalue weighted by Gasteiger charge is -2.35. The zero-order valence-electron chi connectivity index (χ0n) is 23.5. The van der Waals surface area contributed by atoms with E-state index in [1.165, 1.54) is 89.9 Å². The number of quaternary nitrogens is 1. The Kier molecular flexibility index (Phi) is 19.6. The van der Waals surface area contributed by atoms with Crippen LogP contribution < -0.4 is 5.11 Å². The van der Waals surface area contributed by atoms with Crippen LogP contribution in [0.4, 0.5) is 0 Å². The van der Waals surface area contributed by atoms with Gasteiger partial charge < -0.3 is 24.6 Å². The van der Waals surface area contributed by atoms with Crippen molar-refractivity contribution in [1.29, 1.82) is 0 Å². The van der Waals surface area contributed by atoms with Crippen LogP contribution in [-0.2, 0) is 9.59 Å². The molecule has 6 nitrogen and oxygen atoms in total. The van der Waals surface area contributed by atoms with Crippen LogP contribution in [-0.4, -0.2) is 65.8 Å². The monoisotopic (exact) mass is 499 g/mol. The Morgan fingerprint density at radius 2 is 1.06 bits per heavy atom. The van der Waals surface area contributed by atoms with E-state index in [-0.39, 0.29) is 17.4 Å². The maximum atomic E-state index is 12.6. The summed E-state index contributed by atoms with van der Waals surface area (Å²) in [6, 6.07) is 0. The molecule has 35 heavy (non-hydrogen) atoms. The summed E-state index contributed by atoms with van der Waals surface area (Å²) in [5.74, 6) is -2.30. The number of rotatable bonds is 25. The second-order valence-corrected chi connectivity index (χ2v) is 11.7. The van der Waals surface area contributed by atoms with E-state index in [1.54, 1.807) is 21.1 Å². The molecule has 0 rings (SSSR count). The highest BCUT2D eigenvalue weighted by Crippen LogP contribution is 2.20. The van der Waals surface area contributed by atoms with Crippen LogP contribution in [0.25, 0.3) is 0 Å². The van der Waals surface area contributed by atoms with Crippen LogP contribution in [0.1, 0.15) is 135 Å². The highest BCUT2D eigenvalue weighted by atomic mass is 16.4. The summed E-state index contributed by atoms with van der Waals surface area (Å²) in [7, 11) is 5.28. The van der Waals surface area contributed by atoms with Gasteiger partial charge in [0.25, 0.3) is 0 Å². The number of likely N-dealkylation sites (N-methyl/N-ethyl adjacent to an activating group) is 1. The summed E-state index contributed by atoms with van der Waals surface area (Å²) in [6.07, 6.45) is 21.0. The van der Waals surface area contributed by atoms with Crippen molar-refractivity contribution in [2.24, 2.45) is 0 Å². The molecule has 0 bridgehead atoms. The molecule has 0 aliphatic heterocycles. The third-order valence-electron chi connectivity index (χ3n) is 6.77. The number of carboxylic acids is 1. The number of nitrogens with zero attached hydrogens (tertiary/aromatic N) is 1. The van der Waals surface area contributed by atoms with Gasteiger partial charge in [0, 0.05) is 12.4 Å². The lowest BCUT2D eigenvalue weighted by atomic mass is 9.88. The van der Waals surface area contributed by atoms with Crippen molar-refractivity contribution < 1.29 is 29.4 Å². The van der Waals surface area contributed by atoms with Crippen LogP contribution in [0.2, 0.25) is 0 Å². The van der Waals surface area contributed by atoms with Gasteiger partial charge >= 0.3 is 0 Å². The first-order valence-corrected chi connectivity index (χ1v) is 14.5. The Morgan fingerprint density at radius 3 is 1.37 bits per heavy atom. The van der Waals surface area contributed by atoms with Gasteiger partial charge in [-0.2, -0.15) is 0 Å². The van der Waals surface area contributed by atoms with Crippen molar-refractivity contribution in [2.45, 2.75) is 147 Å². The second kappa shape index (κ2) is 20.1. The summed E-state index contributed by atoms with van der Waals surface area (Å²) in [4.78, 5) is 23.6. The van der Waals surface area contributed by atoms with E-state index in [1.807, 2.05) is 0 Å².